The van der Waals surface area contributed by atoms with Gasteiger partial charge in [0.15, 0.2) is 0 Å². The number of benzene rings is 2. The quantitative estimate of drug-likeness (QED) is 0.789. The number of aromatic nitrogens is 1. The lowest BCUT2D eigenvalue weighted by molar-refractivity contribution is -0.118. The zero-order valence-corrected chi connectivity index (χ0v) is 10.9. The van der Waals surface area contributed by atoms with Gasteiger partial charge in [0.2, 0.25) is 5.91 Å². The summed E-state index contributed by atoms with van der Waals surface area (Å²) in [5, 5.41) is 0.961. The van der Waals surface area contributed by atoms with Crippen LogP contribution in [-0.2, 0) is 4.79 Å². The molecule has 0 radical (unpaired) electrons. The lowest BCUT2D eigenvalue weighted by atomic mass is 9.89. The average molecular weight is 262 g/mol. The van der Waals surface area contributed by atoms with Crippen LogP contribution in [0, 0.1) is 0 Å². The fourth-order valence-corrected chi connectivity index (χ4v) is 2.51. The van der Waals surface area contributed by atoms with Gasteiger partial charge in [0.25, 0.3) is 0 Å². The molecule has 0 saturated heterocycles. The summed E-state index contributed by atoms with van der Waals surface area (Å²) in [7, 11) is 0. The summed E-state index contributed by atoms with van der Waals surface area (Å²) < 4.78 is 0. The Kier molecular flexibility index (Phi) is 3.17. The summed E-state index contributed by atoms with van der Waals surface area (Å²) in [6.45, 7) is 0. The van der Waals surface area contributed by atoms with E-state index in [1.807, 2.05) is 60.7 Å². The Hall–Kier alpha value is -2.68. The maximum absolute atomic E-state index is 11.9. The Morgan fingerprint density at radius 3 is 2.40 bits per heavy atom. The van der Waals surface area contributed by atoms with Gasteiger partial charge in [-0.2, -0.15) is 0 Å². The molecule has 0 saturated carbocycles. The van der Waals surface area contributed by atoms with E-state index in [-0.39, 0.29) is 5.91 Å². The van der Waals surface area contributed by atoms with Crippen molar-refractivity contribution in [3.05, 3.63) is 78.0 Å². The molecule has 98 valence electrons. The number of pyridine rings is 1. The molecule has 3 rings (SSSR count). The number of nitrogens with two attached hydrogens (primary N) is 1. The predicted molar refractivity (Wildman–Crippen MR) is 79.2 cm³/mol. The molecule has 0 spiro atoms. The minimum atomic E-state index is -0.455. The number of carbonyl (C=O) groups excluding carboxylic acids is 1. The van der Waals surface area contributed by atoms with Crippen LogP contribution in [0.4, 0.5) is 0 Å². The van der Waals surface area contributed by atoms with Crippen molar-refractivity contribution in [3.63, 3.8) is 0 Å². The molecular weight excluding hydrogens is 248 g/mol. The van der Waals surface area contributed by atoms with Gasteiger partial charge in [0, 0.05) is 11.6 Å². The first-order valence-electron chi connectivity index (χ1n) is 6.45. The normalized spacial score (nSPS) is 12.2. The number of amides is 1. The SMILES string of the molecule is NC(=O)[C@@H](c1ccccc1)c1ccnc2ccccc12. The molecule has 3 aromatic rings. The monoisotopic (exact) mass is 262 g/mol. The number of hydrogen-bond donors (Lipinski definition) is 1. The van der Waals surface area contributed by atoms with Crippen molar-refractivity contribution in [1.82, 2.24) is 4.98 Å². The highest BCUT2D eigenvalue weighted by atomic mass is 16.1. The second-order valence-electron chi connectivity index (χ2n) is 4.66. The summed E-state index contributed by atoms with van der Waals surface area (Å²) in [6.07, 6.45) is 1.72. The van der Waals surface area contributed by atoms with Gasteiger partial charge in [-0.1, -0.05) is 48.5 Å². The van der Waals surface area contributed by atoms with E-state index in [4.69, 9.17) is 5.73 Å². The van der Waals surface area contributed by atoms with Crippen LogP contribution in [0.2, 0.25) is 0 Å². The third-order valence-corrected chi connectivity index (χ3v) is 3.41. The molecule has 0 aliphatic rings. The Bertz CT molecular complexity index is 748. The smallest absolute Gasteiger partial charge is 0.229 e. The van der Waals surface area contributed by atoms with Gasteiger partial charge in [-0.3, -0.25) is 9.78 Å². The van der Waals surface area contributed by atoms with E-state index >= 15 is 0 Å². The Morgan fingerprint density at radius 1 is 0.950 bits per heavy atom. The van der Waals surface area contributed by atoms with E-state index in [0.717, 1.165) is 22.0 Å². The summed E-state index contributed by atoms with van der Waals surface area (Å²) >= 11 is 0. The standard InChI is InChI=1S/C17H14N2O/c18-17(20)16(12-6-2-1-3-7-12)14-10-11-19-15-9-5-4-8-13(14)15/h1-11,16H,(H2,18,20)/t16-/m0/s1. The molecule has 0 fully saturated rings. The summed E-state index contributed by atoms with van der Waals surface area (Å²) in [5.41, 5.74) is 8.30. The molecular formula is C17H14N2O. The highest BCUT2D eigenvalue weighted by Gasteiger charge is 2.22. The molecule has 1 atom stereocenters. The molecule has 0 unspecified atom stereocenters. The van der Waals surface area contributed by atoms with Crippen LogP contribution in [-0.4, -0.2) is 10.9 Å². The van der Waals surface area contributed by atoms with Crippen LogP contribution in [0.25, 0.3) is 10.9 Å². The number of nitrogens with zero attached hydrogens (tertiary/aromatic N) is 1. The van der Waals surface area contributed by atoms with Crippen molar-refractivity contribution < 1.29 is 4.79 Å². The van der Waals surface area contributed by atoms with Crippen LogP contribution in [0.1, 0.15) is 17.0 Å². The molecule has 2 aromatic carbocycles. The van der Waals surface area contributed by atoms with E-state index in [0.29, 0.717) is 0 Å². The number of fused-ring (bicyclic) bond motifs is 1. The van der Waals surface area contributed by atoms with Crippen molar-refractivity contribution in [3.8, 4) is 0 Å². The van der Waals surface area contributed by atoms with Crippen LogP contribution >= 0.6 is 0 Å². The first-order chi connectivity index (χ1) is 9.77. The van der Waals surface area contributed by atoms with Gasteiger partial charge in [-0.05, 0) is 23.3 Å². The molecule has 0 aliphatic heterocycles. The van der Waals surface area contributed by atoms with Crippen molar-refractivity contribution in [2.75, 3.05) is 0 Å². The summed E-state index contributed by atoms with van der Waals surface area (Å²) in [6, 6.07) is 19.2. The molecule has 3 heteroatoms. The van der Waals surface area contributed by atoms with Crippen LogP contribution in [0.5, 0.6) is 0 Å². The van der Waals surface area contributed by atoms with Crippen molar-refractivity contribution in [2.45, 2.75) is 5.92 Å². The zero-order chi connectivity index (χ0) is 13.9. The van der Waals surface area contributed by atoms with E-state index < -0.39 is 5.92 Å². The van der Waals surface area contributed by atoms with E-state index in [1.165, 1.54) is 0 Å². The maximum atomic E-state index is 11.9. The average Bonchev–Trinajstić information content (AvgIpc) is 2.48. The number of hydrogen-bond acceptors (Lipinski definition) is 2. The topological polar surface area (TPSA) is 56.0 Å². The fraction of sp³-hybridized carbons (Fsp3) is 0.0588. The Labute approximate surface area is 117 Å². The highest BCUT2D eigenvalue weighted by molar-refractivity contribution is 5.92. The van der Waals surface area contributed by atoms with Crippen molar-refractivity contribution in [2.24, 2.45) is 5.73 Å². The maximum Gasteiger partial charge on any atom is 0.229 e. The number of rotatable bonds is 3. The second-order valence-corrected chi connectivity index (χ2v) is 4.66. The first-order valence-corrected chi connectivity index (χ1v) is 6.45. The molecule has 2 N–H and O–H groups in total. The zero-order valence-electron chi connectivity index (χ0n) is 10.9. The molecule has 1 amide bonds. The Balaban J connectivity index is 2.23. The third-order valence-electron chi connectivity index (χ3n) is 3.41. The van der Waals surface area contributed by atoms with Gasteiger partial charge in [-0.15, -0.1) is 0 Å². The number of primary amides is 1. The van der Waals surface area contributed by atoms with Gasteiger partial charge >= 0.3 is 0 Å². The lowest BCUT2D eigenvalue weighted by Gasteiger charge is -2.16. The molecule has 0 bridgehead atoms. The van der Waals surface area contributed by atoms with Gasteiger partial charge in [0.05, 0.1) is 11.4 Å². The molecule has 20 heavy (non-hydrogen) atoms. The van der Waals surface area contributed by atoms with E-state index in [1.54, 1.807) is 6.20 Å². The van der Waals surface area contributed by atoms with Gasteiger partial charge in [0.1, 0.15) is 0 Å². The van der Waals surface area contributed by atoms with Crippen LogP contribution in [0.15, 0.2) is 66.9 Å². The Morgan fingerprint density at radius 2 is 1.65 bits per heavy atom. The minimum Gasteiger partial charge on any atom is -0.369 e. The number of para-hydroxylation sites is 1. The summed E-state index contributed by atoms with van der Waals surface area (Å²) in [5.74, 6) is -0.809. The van der Waals surface area contributed by atoms with Crippen LogP contribution < -0.4 is 5.73 Å². The van der Waals surface area contributed by atoms with Crippen LogP contribution in [0.3, 0.4) is 0 Å². The minimum absolute atomic E-state index is 0.354. The fourth-order valence-electron chi connectivity index (χ4n) is 2.51. The molecule has 1 aromatic heterocycles. The summed E-state index contributed by atoms with van der Waals surface area (Å²) in [4.78, 5) is 16.3. The first kappa shape index (κ1) is 12.4. The lowest BCUT2D eigenvalue weighted by Crippen LogP contribution is -2.22. The molecule has 3 nitrogen and oxygen atoms in total. The van der Waals surface area contributed by atoms with Crippen molar-refractivity contribution in [1.29, 1.82) is 0 Å². The number of carbonyl (C=O) groups is 1. The highest BCUT2D eigenvalue weighted by Crippen LogP contribution is 2.29. The predicted octanol–water partition coefficient (Wildman–Crippen LogP) is 2.85. The third kappa shape index (κ3) is 2.14. The van der Waals surface area contributed by atoms with E-state index in [2.05, 4.69) is 4.98 Å². The van der Waals surface area contributed by atoms with E-state index in [9.17, 15) is 4.79 Å². The van der Waals surface area contributed by atoms with Gasteiger partial charge < -0.3 is 5.73 Å². The van der Waals surface area contributed by atoms with Crippen molar-refractivity contribution >= 4 is 16.8 Å². The largest absolute Gasteiger partial charge is 0.369 e. The molecule has 0 aliphatic carbocycles. The molecule has 1 heterocycles. The van der Waals surface area contributed by atoms with Gasteiger partial charge in [-0.25, -0.2) is 0 Å². The second kappa shape index (κ2) is 5.13.